The molecule has 3 heteroatoms. The molecule has 2 rings (SSSR count). The van der Waals surface area contributed by atoms with Gasteiger partial charge in [0.15, 0.2) is 5.78 Å². The largest absolute Gasteiger partial charge is 0.381 e. The molecule has 1 aromatic carbocycles. The molecule has 1 fully saturated rings. The molecule has 1 aliphatic rings. The van der Waals surface area contributed by atoms with E-state index in [1.54, 1.807) is 19.1 Å². The Morgan fingerprint density at radius 1 is 1.38 bits per heavy atom. The number of hydrogen-bond acceptors (Lipinski definition) is 2. The lowest BCUT2D eigenvalue weighted by molar-refractivity contribution is 0.101. The maximum Gasteiger partial charge on any atom is 0.159 e. The summed E-state index contributed by atoms with van der Waals surface area (Å²) in [5.74, 6) is 0.0751. The van der Waals surface area contributed by atoms with Crippen molar-refractivity contribution < 1.29 is 4.79 Å². The summed E-state index contributed by atoms with van der Waals surface area (Å²) in [6.45, 7) is 1.57. The molecule has 2 nitrogen and oxygen atoms in total. The summed E-state index contributed by atoms with van der Waals surface area (Å²) in [6, 6.07) is 5.92. The smallest absolute Gasteiger partial charge is 0.159 e. The first kappa shape index (κ1) is 11.5. The number of benzene rings is 1. The minimum Gasteiger partial charge on any atom is -0.381 e. The van der Waals surface area contributed by atoms with Gasteiger partial charge in [0.05, 0.1) is 10.7 Å². The van der Waals surface area contributed by atoms with E-state index in [0.29, 0.717) is 16.6 Å². The minimum absolute atomic E-state index is 0.0751. The molecule has 1 saturated carbocycles. The summed E-state index contributed by atoms with van der Waals surface area (Å²) in [5, 5.41) is 4.11. The second-order valence-electron chi connectivity index (χ2n) is 4.38. The van der Waals surface area contributed by atoms with Crippen LogP contribution in [-0.2, 0) is 0 Å². The summed E-state index contributed by atoms with van der Waals surface area (Å²) in [6.07, 6.45) is 4.95. The van der Waals surface area contributed by atoms with Gasteiger partial charge in [-0.25, -0.2) is 0 Å². The molecular formula is C13H16ClNO. The van der Waals surface area contributed by atoms with E-state index >= 15 is 0 Å². The monoisotopic (exact) mass is 237 g/mol. The average molecular weight is 238 g/mol. The maximum atomic E-state index is 11.3. The standard InChI is InChI=1S/C13H16ClNO/c1-9(16)10-6-7-12(14)13(8-10)15-11-4-2-3-5-11/h6-8,11,15H,2-5H2,1H3. The number of carbonyl (C=O) groups is 1. The lowest BCUT2D eigenvalue weighted by Gasteiger charge is -2.15. The highest BCUT2D eigenvalue weighted by atomic mass is 35.5. The maximum absolute atomic E-state index is 11.3. The topological polar surface area (TPSA) is 29.1 Å². The van der Waals surface area contributed by atoms with Crippen LogP contribution in [0.3, 0.4) is 0 Å². The van der Waals surface area contributed by atoms with E-state index in [4.69, 9.17) is 11.6 Å². The molecule has 0 aromatic heterocycles. The van der Waals surface area contributed by atoms with E-state index in [9.17, 15) is 4.79 Å². The van der Waals surface area contributed by atoms with Crippen LogP contribution in [0.4, 0.5) is 5.69 Å². The van der Waals surface area contributed by atoms with Gasteiger partial charge in [0.1, 0.15) is 0 Å². The zero-order chi connectivity index (χ0) is 11.5. The van der Waals surface area contributed by atoms with Gasteiger partial charge < -0.3 is 5.32 Å². The Labute approximate surface area is 101 Å². The van der Waals surface area contributed by atoms with E-state index in [1.807, 2.05) is 6.07 Å². The zero-order valence-electron chi connectivity index (χ0n) is 9.42. The van der Waals surface area contributed by atoms with Crippen LogP contribution in [0.15, 0.2) is 18.2 Å². The Kier molecular flexibility index (Phi) is 3.49. The Morgan fingerprint density at radius 2 is 2.06 bits per heavy atom. The van der Waals surface area contributed by atoms with Gasteiger partial charge in [0.25, 0.3) is 0 Å². The van der Waals surface area contributed by atoms with E-state index in [1.165, 1.54) is 25.7 Å². The first-order valence-electron chi connectivity index (χ1n) is 5.74. The molecule has 0 amide bonds. The van der Waals surface area contributed by atoms with Crippen LogP contribution < -0.4 is 5.32 Å². The molecule has 1 aliphatic carbocycles. The Bertz CT molecular complexity index is 397. The Hall–Kier alpha value is -1.02. The molecule has 0 spiro atoms. The van der Waals surface area contributed by atoms with Crippen molar-refractivity contribution in [1.29, 1.82) is 0 Å². The van der Waals surface area contributed by atoms with E-state index in [-0.39, 0.29) is 5.78 Å². The highest BCUT2D eigenvalue weighted by Crippen LogP contribution is 2.28. The molecule has 0 heterocycles. The third-order valence-electron chi connectivity index (χ3n) is 3.09. The number of anilines is 1. The van der Waals surface area contributed by atoms with Gasteiger partial charge >= 0.3 is 0 Å². The summed E-state index contributed by atoms with van der Waals surface area (Å²) >= 11 is 6.11. The first-order valence-corrected chi connectivity index (χ1v) is 6.11. The molecule has 86 valence electrons. The molecule has 1 N–H and O–H groups in total. The van der Waals surface area contributed by atoms with Crippen LogP contribution in [0.25, 0.3) is 0 Å². The molecule has 0 saturated heterocycles. The van der Waals surface area contributed by atoms with E-state index < -0.39 is 0 Å². The second-order valence-corrected chi connectivity index (χ2v) is 4.78. The quantitative estimate of drug-likeness (QED) is 0.808. The van der Waals surface area contributed by atoms with Crippen LogP contribution in [-0.4, -0.2) is 11.8 Å². The van der Waals surface area contributed by atoms with Crippen LogP contribution in [0.1, 0.15) is 43.0 Å². The van der Waals surface area contributed by atoms with Gasteiger partial charge in [0.2, 0.25) is 0 Å². The van der Waals surface area contributed by atoms with Crippen molar-refractivity contribution in [3.05, 3.63) is 28.8 Å². The second kappa shape index (κ2) is 4.88. The van der Waals surface area contributed by atoms with Gasteiger partial charge in [0, 0.05) is 11.6 Å². The van der Waals surface area contributed by atoms with Crippen molar-refractivity contribution in [3.63, 3.8) is 0 Å². The van der Waals surface area contributed by atoms with Gasteiger partial charge in [-0.15, -0.1) is 0 Å². The third kappa shape index (κ3) is 2.56. The predicted octanol–water partition coefficient (Wildman–Crippen LogP) is 3.90. The molecule has 0 atom stereocenters. The molecule has 0 radical (unpaired) electrons. The summed E-state index contributed by atoms with van der Waals surface area (Å²) < 4.78 is 0. The highest BCUT2D eigenvalue weighted by molar-refractivity contribution is 6.33. The van der Waals surface area contributed by atoms with Gasteiger partial charge in [-0.3, -0.25) is 4.79 Å². The van der Waals surface area contributed by atoms with Crippen molar-refractivity contribution in [3.8, 4) is 0 Å². The molecule has 16 heavy (non-hydrogen) atoms. The molecular weight excluding hydrogens is 222 g/mol. The summed E-state index contributed by atoms with van der Waals surface area (Å²) in [5.41, 5.74) is 1.60. The Morgan fingerprint density at radius 3 is 2.69 bits per heavy atom. The van der Waals surface area contributed by atoms with Gasteiger partial charge in [-0.2, -0.15) is 0 Å². The van der Waals surface area contributed by atoms with Crippen LogP contribution in [0, 0.1) is 0 Å². The summed E-state index contributed by atoms with van der Waals surface area (Å²) in [7, 11) is 0. The average Bonchev–Trinajstić information content (AvgIpc) is 2.73. The van der Waals surface area contributed by atoms with E-state index in [2.05, 4.69) is 5.32 Å². The van der Waals surface area contributed by atoms with Crippen LogP contribution in [0.5, 0.6) is 0 Å². The van der Waals surface area contributed by atoms with Gasteiger partial charge in [-0.1, -0.05) is 24.4 Å². The normalized spacial score (nSPS) is 16.4. The molecule has 0 unspecified atom stereocenters. The molecule has 1 aromatic rings. The lowest BCUT2D eigenvalue weighted by atomic mass is 10.1. The van der Waals surface area contributed by atoms with Crippen LogP contribution in [0.2, 0.25) is 5.02 Å². The van der Waals surface area contributed by atoms with E-state index in [0.717, 1.165) is 5.69 Å². The molecule has 0 aliphatic heterocycles. The number of nitrogens with one attached hydrogen (secondary N) is 1. The predicted molar refractivity (Wildman–Crippen MR) is 67.3 cm³/mol. The van der Waals surface area contributed by atoms with Gasteiger partial charge in [-0.05, 0) is 38.0 Å². The number of hydrogen-bond donors (Lipinski definition) is 1. The fourth-order valence-corrected chi connectivity index (χ4v) is 2.32. The van der Waals surface area contributed by atoms with Crippen molar-refractivity contribution in [2.75, 3.05) is 5.32 Å². The Balaban J connectivity index is 2.17. The van der Waals surface area contributed by atoms with Crippen molar-refractivity contribution in [2.24, 2.45) is 0 Å². The number of rotatable bonds is 3. The minimum atomic E-state index is 0.0751. The number of ketones is 1. The van der Waals surface area contributed by atoms with Crippen LogP contribution >= 0.6 is 11.6 Å². The van der Waals surface area contributed by atoms with Crippen molar-refractivity contribution >= 4 is 23.1 Å². The fourth-order valence-electron chi connectivity index (χ4n) is 2.14. The van der Waals surface area contributed by atoms with Crippen molar-refractivity contribution in [2.45, 2.75) is 38.6 Å². The number of Topliss-reactive ketones (excluding diaryl/α,β-unsaturated/α-hetero) is 1. The third-order valence-corrected chi connectivity index (χ3v) is 3.42. The number of carbonyl (C=O) groups excluding carboxylic acids is 1. The fraction of sp³-hybridized carbons (Fsp3) is 0.462. The highest BCUT2D eigenvalue weighted by Gasteiger charge is 2.16. The summed E-state index contributed by atoms with van der Waals surface area (Å²) in [4.78, 5) is 11.3. The SMILES string of the molecule is CC(=O)c1ccc(Cl)c(NC2CCCC2)c1. The van der Waals surface area contributed by atoms with Crippen molar-refractivity contribution in [1.82, 2.24) is 0 Å². The first-order chi connectivity index (χ1) is 7.66. The lowest BCUT2D eigenvalue weighted by Crippen LogP contribution is -2.15. The molecule has 0 bridgehead atoms. The number of halogens is 1. The zero-order valence-corrected chi connectivity index (χ0v) is 10.2.